The Labute approximate surface area is 156 Å². The molecule has 4 rings (SSSR count). The van der Waals surface area contributed by atoms with Gasteiger partial charge in [-0.25, -0.2) is 4.98 Å². The largest absolute Gasteiger partial charge is 0.494 e. The lowest BCUT2D eigenvalue weighted by molar-refractivity contribution is 0.317. The summed E-state index contributed by atoms with van der Waals surface area (Å²) in [7, 11) is 0. The van der Waals surface area contributed by atoms with Crippen LogP contribution in [0.15, 0.2) is 29.1 Å². The number of rotatable bonds is 5. The summed E-state index contributed by atoms with van der Waals surface area (Å²) in [5, 5.41) is 0.805. The molecule has 1 aliphatic rings. The lowest BCUT2D eigenvalue weighted by Crippen LogP contribution is -2.11. The minimum absolute atomic E-state index is 0.0163. The van der Waals surface area contributed by atoms with E-state index in [2.05, 4.69) is 16.9 Å². The highest BCUT2D eigenvalue weighted by Gasteiger charge is 2.19. The van der Waals surface area contributed by atoms with Crippen molar-refractivity contribution in [2.75, 3.05) is 6.61 Å². The Hall–Kier alpha value is -2.40. The van der Waals surface area contributed by atoms with Crippen molar-refractivity contribution in [1.82, 2.24) is 9.97 Å². The fourth-order valence-corrected chi connectivity index (χ4v) is 4.60. The average molecular weight is 366 g/mol. The minimum Gasteiger partial charge on any atom is -0.494 e. The van der Waals surface area contributed by atoms with Crippen LogP contribution >= 0.6 is 11.3 Å². The Morgan fingerprint density at radius 1 is 1.19 bits per heavy atom. The van der Waals surface area contributed by atoms with Gasteiger partial charge >= 0.3 is 0 Å². The first-order valence-corrected chi connectivity index (χ1v) is 10.0. The molecule has 0 aliphatic heterocycles. The van der Waals surface area contributed by atoms with Crippen LogP contribution in [0.2, 0.25) is 0 Å². The maximum atomic E-state index is 12.5. The molecular weight excluding hydrogens is 344 g/mol. The quantitative estimate of drug-likeness (QED) is 0.704. The summed E-state index contributed by atoms with van der Waals surface area (Å²) in [5.41, 5.74) is 2.25. The zero-order valence-electron chi connectivity index (χ0n) is 14.9. The molecule has 0 fully saturated rings. The van der Waals surface area contributed by atoms with Crippen molar-refractivity contribution < 1.29 is 4.74 Å². The van der Waals surface area contributed by atoms with E-state index >= 15 is 0 Å². The van der Waals surface area contributed by atoms with Crippen LogP contribution < -0.4 is 10.3 Å². The zero-order chi connectivity index (χ0) is 17.9. The maximum Gasteiger partial charge on any atom is 0.260 e. The first-order chi connectivity index (χ1) is 12.7. The molecule has 2 heterocycles. The van der Waals surface area contributed by atoms with E-state index in [-0.39, 0.29) is 5.56 Å². The Morgan fingerprint density at radius 2 is 2.00 bits per heavy atom. The average Bonchev–Trinajstić information content (AvgIpc) is 3.04. The molecule has 0 saturated heterocycles. The van der Waals surface area contributed by atoms with E-state index in [1.807, 2.05) is 36.4 Å². The zero-order valence-corrected chi connectivity index (χ0v) is 15.7. The van der Waals surface area contributed by atoms with Crippen molar-refractivity contribution in [3.8, 4) is 5.75 Å². The summed E-state index contributed by atoms with van der Waals surface area (Å²) in [6.45, 7) is 2.82. The molecule has 0 radical (unpaired) electrons. The van der Waals surface area contributed by atoms with Crippen LogP contribution in [-0.4, -0.2) is 16.6 Å². The number of aromatic amines is 1. The molecule has 134 valence electrons. The first kappa shape index (κ1) is 17.0. The molecule has 0 amide bonds. The summed E-state index contributed by atoms with van der Waals surface area (Å²) >= 11 is 1.68. The van der Waals surface area contributed by atoms with Gasteiger partial charge in [0.15, 0.2) is 0 Å². The van der Waals surface area contributed by atoms with Gasteiger partial charge in [0.2, 0.25) is 0 Å². The Morgan fingerprint density at radius 3 is 2.81 bits per heavy atom. The van der Waals surface area contributed by atoms with Gasteiger partial charge in [-0.1, -0.05) is 25.1 Å². The molecule has 26 heavy (non-hydrogen) atoms. The number of fused-ring (bicyclic) bond motifs is 3. The molecule has 1 aromatic carbocycles. The molecule has 4 nitrogen and oxygen atoms in total. The van der Waals surface area contributed by atoms with Gasteiger partial charge in [0.25, 0.3) is 5.56 Å². The van der Waals surface area contributed by atoms with Crippen LogP contribution in [0.5, 0.6) is 5.75 Å². The van der Waals surface area contributed by atoms with Crippen LogP contribution in [0.25, 0.3) is 22.4 Å². The van der Waals surface area contributed by atoms with Crippen LogP contribution in [0.3, 0.4) is 0 Å². The smallest absolute Gasteiger partial charge is 0.260 e. The molecular formula is C21H22N2O2S. The monoisotopic (exact) mass is 366 g/mol. The molecule has 5 heteroatoms. The predicted octanol–water partition coefficient (Wildman–Crippen LogP) is 4.82. The molecule has 0 atom stereocenters. The number of H-pyrrole nitrogens is 1. The first-order valence-electron chi connectivity index (χ1n) is 9.20. The fourth-order valence-electron chi connectivity index (χ4n) is 3.33. The standard InChI is InChI=1S/C21H22N2O2S/c1-2-13-25-15-10-7-14(8-11-15)9-12-18-22-20(24)19-16-5-3-4-6-17(16)26-21(19)23-18/h7-12H,2-6,13H2,1H3,(H,22,23,24)/b12-9+. The van der Waals surface area contributed by atoms with E-state index in [0.717, 1.165) is 53.8 Å². The van der Waals surface area contributed by atoms with Gasteiger partial charge in [-0.3, -0.25) is 4.79 Å². The van der Waals surface area contributed by atoms with Crippen molar-refractivity contribution in [2.45, 2.75) is 39.0 Å². The lowest BCUT2D eigenvalue weighted by atomic mass is 9.97. The molecule has 0 bridgehead atoms. The number of thiophene rings is 1. The van der Waals surface area contributed by atoms with Gasteiger partial charge in [-0.05, 0) is 61.4 Å². The number of ether oxygens (including phenoxy) is 1. The second-order valence-corrected chi connectivity index (χ2v) is 7.68. The maximum absolute atomic E-state index is 12.5. The number of aryl methyl sites for hydroxylation is 2. The van der Waals surface area contributed by atoms with E-state index in [4.69, 9.17) is 4.74 Å². The molecule has 1 aliphatic carbocycles. The van der Waals surface area contributed by atoms with Crippen LogP contribution in [0, 0.1) is 0 Å². The Balaban J connectivity index is 1.59. The van der Waals surface area contributed by atoms with Crippen molar-refractivity contribution in [2.24, 2.45) is 0 Å². The van der Waals surface area contributed by atoms with Gasteiger partial charge in [-0.15, -0.1) is 11.3 Å². The van der Waals surface area contributed by atoms with E-state index in [1.54, 1.807) is 11.3 Å². The van der Waals surface area contributed by atoms with Gasteiger partial charge in [0.05, 0.1) is 12.0 Å². The number of nitrogens with zero attached hydrogens (tertiary/aromatic N) is 1. The number of benzene rings is 1. The van der Waals surface area contributed by atoms with Crippen molar-refractivity contribution in [3.05, 3.63) is 56.4 Å². The third-order valence-electron chi connectivity index (χ3n) is 4.63. The fraction of sp³-hybridized carbons (Fsp3) is 0.333. The van der Waals surface area contributed by atoms with Gasteiger partial charge in [0.1, 0.15) is 16.4 Å². The summed E-state index contributed by atoms with van der Waals surface area (Å²) in [5.74, 6) is 1.48. The number of hydrogen-bond donors (Lipinski definition) is 1. The molecule has 1 N–H and O–H groups in total. The van der Waals surface area contributed by atoms with Gasteiger partial charge in [0, 0.05) is 4.88 Å². The summed E-state index contributed by atoms with van der Waals surface area (Å²) in [6, 6.07) is 7.92. The van der Waals surface area contributed by atoms with Gasteiger partial charge in [-0.2, -0.15) is 0 Å². The van der Waals surface area contributed by atoms with Gasteiger partial charge < -0.3 is 9.72 Å². The van der Waals surface area contributed by atoms with Crippen molar-refractivity contribution in [1.29, 1.82) is 0 Å². The minimum atomic E-state index is -0.0163. The van der Waals surface area contributed by atoms with E-state index < -0.39 is 0 Å². The second kappa shape index (κ2) is 7.46. The van der Waals surface area contributed by atoms with Crippen LogP contribution in [-0.2, 0) is 12.8 Å². The molecule has 2 aromatic heterocycles. The Bertz CT molecular complexity index is 999. The molecule has 3 aromatic rings. The lowest BCUT2D eigenvalue weighted by Gasteiger charge is -2.09. The molecule has 0 unspecified atom stereocenters. The van der Waals surface area contributed by atoms with Crippen molar-refractivity contribution >= 4 is 33.7 Å². The predicted molar refractivity (Wildman–Crippen MR) is 108 cm³/mol. The highest BCUT2D eigenvalue weighted by atomic mass is 32.1. The molecule has 0 saturated carbocycles. The van der Waals surface area contributed by atoms with Crippen molar-refractivity contribution in [3.63, 3.8) is 0 Å². The van der Waals surface area contributed by atoms with Crippen LogP contribution in [0.1, 0.15) is 48.0 Å². The highest BCUT2D eigenvalue weighted by molar-refractivity contribution is 7.18. The SMILES string of the molecule is CCCOc1ccc(/C=C/c2nc3sc4c(c3c(=O)[nH]2)CCCC4)cc1. The Kier molecular flexibility index (Phi) is 4.89. The number of hydrogen-bond acceptors (Lipinski definition) is 4. The topological polar surface area (TPSA) is 55.0 Å². The highest BCUT2D eigenvalue weighted by Crippen LogP contribution is 2.33. The summed E-state index contributed by atoms with van der Waals surface area (Å²) in [6.07, 6.45) is 9.27. The van der Waals surface area contributed by atoms with E-state index in [1.165, 1.54) is 16.9 Å². The summed E-state index contributed by atoms with van der Waals surface area (Å²) in [4.78, 5) is 22.3. The number of aromatic nitrogens is 2. The summed E-state index contributed by atoms with van der Waals surface area (Å²) < 4.78 is 5.59. The van der Waals surface area contributed by atoms with E-state index in [0.29, 0.717) is 5.82 Å². The third kappa shape index (κ3) is 3.44. The molecule has 0 spiro atoms. The van der Waals surface area contributed by atoms with E-state index in [9.17, 15) is 4.79 Å². The number of nitrogens with one attached hydrogen (secondary N) is 1. The van der Waals surface area contributed by atoms with Crippen LogP contribution in [0.4, 0.5) is 0 Å². The second-order valence-electron chi connectivity index (χ2n) is 6.59. The third-order valence-corrected chi connectivity index (χ3v) is 5.82. The normalized spacial score (nSPS) is 14.0.